The van der Waals surface area contributed by atoms with Gasteiger partial charge in [-0.2, -0.15) is 0 Å². The summed E-state index contributed by atoms with van der Waals surface area (Å²) in [7, 11) is 1.61. The van der Waals surface area contributed by atoms with E-state index in [2.05, 4.69) is 22.2 Å². The van der Waals surface area contributed by atoms with Crippen molar-refractivity contribution in [1.29, 1.82) is 0 Å². The van der Waals surface area contributed by atoms with Crippen molar-refractivity contribution >= 4 is 5.69 Å². The normalized spacial score (nSPS) is 10.5. The highest BCUT2D eigenvalue weighted by molar-refractivity contribution is 5.46. The summed E-state index contributed by atoms with van der Waals surface area (Å²) >= 11 is 0. The van der Waals surface area contributed by atoms with Crippen LogP contribution in [0.2, 0.25) is 0 Å². The number of rotatable bonds is 5. The number of nitrogens with zero attached hydrogens (tertiary/aromatic N) is 1. The minimum Gasteiger partial charge on any atom is -0.495 e. The van der Waals surface area contributed by atoms with Crippen LogP contribution < -0.4 is 15.6 Å². The fourth-order valence-electron chi connectivity index (χ4n) is 2.25. The lowest BCUT2D eigenvalue weighted by atomic mass is 10.1. The van der Waals surface area contributed by atoms with Crippen LogP contribution in [0.1, 0.15) is 29.6 Å². The first kappa shape index (κ1) is 15.1. The zero-order chi connectivity index (χ0) is 15.4. The van der Waals surface area contributed by atoms with E-state index >= 15 is 0 Å². The molecule has 2 heterocycles. The molecule has 2 aromatic rings. The molecular formula is C16H21N3O2. The van der Waals surface area contributed by atoms with Crippen LogP contribution >= 0.6 is 0 Å². The Morgan fingerprint density at radius 2 is 2.10 bits per heavy atom. The number of H-pyrrole nitrogens is 1. The Kier molecular flexibility index (Phi) is 4.62. The van der Waals surface area contributed by atoms with E-state index in [1.165, 1.54) is 0 Å². The largest absolute Gasteiger partial charge is 0.495 e. The SMILES string of the molecule is CCc1cc(NCc2nc(C)ccc2OC)c(=O)[nH]c1C. The molecular weight excluding hydrogens is 266 g/mol. The molecule has 0 aliphatic carbocycles. The summed E-state index contributed by atoms with van der Waals surface area (Å²) < 4.78 is 5.29. The van der Waals surface area contributed by atoms with Crippen LogP contribution in [0, 0.1) is 13.8 Å². The third-order valence-corrected chi connectivity index (χ3v) is 3.46. The first-order valence-corrected chi connectivity index (χ1v) is 7.02. The minimum absolute atomic E-state index is 0.115. The summed E-state index contributed by atoms with van der Waals surface area (Å²) in [4.78, 5) is 19.3. The van der Waals surface area contributed by atoms with Gasteiger partial charge in [0.2, 0.25) is 0 Å². The third-order valence-electron chi connectivity index (χ3n) is 3.46. The van der Waals surface area contributed by atoms with E-state index in [1.807, 2.05) is 32.0 Å². The van der Waals surface area contributed by atoms with Gasteiger partial charge in [-0.25, -0.2) is 0 Å². The molecule has 0 atom stereocenters. The van der Waals surface area contributed by atoms with Crippen LogP contribution in [0.4, 0.5) is 5.69 Å². The first-order valence-electron chi connectivity index (χ1n) is 7.02. The lowest BCUT2D eigenvalue weighted by Gasteiger charge is -2.11. The predicted octanol–water partition coefficient (Wildman–Crippen LogP) is 2.57. The Morgan fingerprint density at radius 3 is 2.76 bits per heavy atom. The third kappa shape index (κ3) is 3.42. The molecule has 0 bridgehead atoms. The highest BCUT2D eigenvalue weighted by Gasteiger charge is 2.08. The van der Waals surface area contributed by atoms with Gasteiger partial charge in [0, 0.05) is 11.4 Å². The van der Waals surface area contributed by atoms with Crippen LogP contribution in [0.5, 0.6) is 5.75 Å². The zero-order valence-corrected chi connectivity index (χ0v) is 12.9. The molecule has 0 amide bonds. The smallest absolute Gasteiger partial charge is 0.271 e. The number of hydrogen-bond donors (Lipinski definition) is 2. The van der Waals surface area contributed by atoms with Crippen LogP contribution in [0.15, 0.2) is 23.0 Å². The monoisotopic (exact) mass is 287 g/mol. The van der Waals surface area contributed by atoms with Crippen molar-refractivity contribution in [1.82, 2.24) is 9.97 Å². The van der Waals surface area contributed by atoms with Gasteiger partial charge in [0.25, 0.3) is 5.56 Å². The van der Waals surface area contributed by atoms with Crippen LogP contribution in [-0.4, -0.2) is 17.1 Å². The van der Waals surface area contributed by atoms with Crippen molar-refractivity contribution in [3.63, 3.8) is 0 Å². The molecule has 112 valence electrons. The molecule has 0 saturated carbocycles. The van der Waals surface area contributed by atoms with E-state index < -0.39 is 0 Å². The topological polar surface area (TPSA) is 67.0 Å². The summed E-state index contributed by atoms with van der Waals surface area (Å²) in [6.45, 7) is 6.35. The predicted molar refractivity (Wildman–Crippen MR) is 84.0 cm³/mol. The van der Waals surface area contributed by atoms with Gasteiger partial charge in [-0.3, -0.25) is 9.78 Å². The molecule has 0 radical (unpaired) electrons. The average molecular weight is 287 g/mol. The van der Waals surface area contributed by atoms with Gasteiger partial charge in [0.15, 0.2) is 0 Å². The van der Waals surface area contributed by atoms with Crippen molar-refractivity contribution < 1.29 is 4.74 Å². The van der Waals surface area contributed by atoms with Gasteiger partial charge in [-0.05, 0) is 44.0 Å². The van der Waals surface area contributed by atoms with Crippen LogP contribution in [0.3, 0.4) is 0 Å². The van der Waals surface area contributed by atoms with Crippen molar-refractivity contribution in [2.75, 3.05) is 12.4 Å². The summed E-state index contributed by atoms with van der Waals surface area (Å²) in [6.07, 6.45) is 0.878. The molecule has 2 N–H and O–H groups in total. The quantitative estimate of drug-likeness (QED) is 0.887. The summed E-state index contributed by atoms with van der Waals surface area (Å²) in [5.74, 6) is 0.715. The number of nitrogens with one attached hydrogen (secondary N) is 2. The van der Waals surface area contributed by atoms with Crippen molar-refractivity contribution in [3.8, 4) is 5.75 Å². The fraction of sp³-hybridized carbons (Fsp3) is 0.375. The molecule has 5 heteroatoms. The summed E-state index contributed by atoms with van der Waals surface area (Å²) in [5.41, 5.74) is 4.19. The lowest BCUT2D eigenvalue weighted by molar-refractivity contribution is 0.407. The second-order valence-electron chi connectivity index (χ2n) is 4.97. The Morgan fingerprint density at radius 1 is 1.33 bits per heavy atom. The minimum atomic E-state index is -0.115. The number of aromatic nitrogens is 2. The fourth-order valence-corrected chi connectivity index (χ4v) is 2.25. The second-order valence-corrected chi connectivity index (χ2v) is 4.97. The van der Waals surface area contributed by atoms with Crippen molar-refractivity contribution in [2.45, 2.75) is 33.7 Å². The average Bonchev–Trinajstić information content (AvgIpc) is 2.46. The zero-order valence-electron chi connectivity index (χ0n) is 12.9. The molecule has 0 aliphatic rings. The van der Waals surface area contributed by atoms with Crippen LogP contribution in [-0.2, 0) is 13.0 Å². The number of methoxy groups -OCH3 is 1. The standard InChI is InChI=1S/C16H21N3O2/c1-5-12-8-13(16(20)19-11(12)3)17-9-14-15(21-4)7-6-10(2)18-14/h6-8,17H,5,9H2,1-4H3,(H,19,20). The Bertz CT molecular complexity index is 692. The van der Waals surface area contributed by atoms with Crippen molar-refractivity contribution in [3.05, 3.63) is 51.2 Å². The molecule has 5 nitrogen and oxygen atoms in total. The van der Waals surface area contributed by atoms with E-state index in [9.17, 15) is 4.79 Å². The lowest BCUT2D eigenvalue weighted by Crippen LogP contribution is -2.17. The van der Waals surface area contributed by atoms with Gasteiger partial charge in [-0.1, -0.05) is 6.92 Å². The maximum atomic E-state index is 12.0. The van der Waals surface area contributed by atoms with Crippen LogP contribution in [0.25, 0.3) is 0 Å². The molecule has 0 saturated heterocycles. The molecule has 21 heavy (non-hydrogen) atoms. The summed E-state index contributed by atoms with van der Waals surface area (Å²) in [5, 5.41) is 3.15. The van der Waals surface area contributed by atoms with Crippen molar-refractivity contribution in [2.24, 2.45) is 0 Å². The van der Waals surface area contributed by atoms with E-state index in [0.717, 1.165) is 29.1 Å². The molecule has 0 unspecified atom stereocenters. The Labute approximate surface area is 124 Å². The van der Waals surface area contributed by atoms with Gasteiger partial charge in [0.1, 0.15) is 17.1 Å². The summed E-state index contributed by atoms with van der Waals surface area (Å²) in [6, 6.07) is 5.68. The maximum absolute atomic E-state index is 12.0. The molecule has 0 fully saturated rings. The number of pyridine rings is 2. The number of anilines is 1. The molecule has 2 aromatic heterocycles. The molecule has 2 rings (SSSR count). The van der Waals surface area contributed by atoms with Gasteiger partial charge < -0.3 is 15.0 Å². The highest BCUT2D eigenvalue weighted by Crippen LogP contribution is 2.18. The number of hydrogen-bond acceptors (Lipinski definition) is 4. The van der Waals surface area contributed by atoms with E-state index in [-0.39, 0.29) is 5.56 Å². The van der Waals surface area contributed by atoms with Gasteiger partial charge in [-0.15, -0.1) is 0 Å². The molecule has 0 spiro atoms. The van der Waals surface area contributed by atoms with Gasteiger partial charge in [0.05, 0.1) is 13.7 Å². The van der Waals surface area contributed by atoms with E-state index in [1.54, 1.807) is 7.11 Å². The van der Waals surface area contributed by atoms with Gasteiger partial charge >= 0.3 is 0 Å². The van der Waals surface area contributed by atoms with E-state index in [0.29, 0.717) is 18.0 Å². The number of aryl methyl sites for hydroxylation is 3. The second kappa shape index (κ2) is 6.43. The number of ether oxygens (including phenoxy) is 1. The first-order chi connectivity index (χ1) is 10.0. The Hall–Kier alpha value is -2.30. The van der Waals surface area contributed by atoms with E-state index in [4.69, 9.17) is 4.74 Å². The molecule has 0 aromatic carbocycles. The maximum Gasteiger partial charge on any atom is 0.271 e. The Balaban J connectivity index is 2.24. The number of aromatic amines is 1. The highest BCUT2D eigenvalue weighted by atomic mass is 16.5. The molecule has 0 aliphatic heterocycles.